The van der Waals surface area contributed by atoms with E-state index in [4.69, 9.17) is 25.4 Å². The van der Waals surface area contributed by atoms with Gasteiger partial charge in [0.15, 0.2) is 0 Å². The van der Waals surface area contributed by atoms with Gasteiger partial charge in [0, 0.05) is 46.1 Å². The number of hydrogen-bond acceptors (Lipinski definition) is 6. The van der Waals surface area contributed by atoms with Crippen LogP contribution in [-0.2, 0) is 14.2 Å². The first-order valence-electron chi connectivity index (χ1n) is 7.63. The van der Waals surface area contributed by atoms with Gasteiger partial charge in [-0.25, -0.2) is 4.98 Å². The quantitative estimate of drug-likeness (QED) is 0.400. The van der Waals surface area contributed by atoms with E-state index in [0.29, 0.717) is 44.5 Å². The fourth-order valence-electron chi connectivity index (χ4n) is 1.87. The summed E-state index contributed by atoms with van der Waals surface area (Å²) in [6, 6.07) is 3.51. The normalized spacial score (nSPS) is 10.7. The smallest absolute Gasteiger partial charge is 0.123 e. The SMILES string of the molecule is C#Cc1cc(OCCOCCN(CCOC)CCOC)ccn1. The Balaban J connectivity index is 2.14. The number of hydrogen-bond donors (Lipinski definition) is 0. The van der Waals surface area contributed by atoms with Crippen molar-refractivity contribution in [1.29, 1.82) is 0 Å². The average Bonchev–Trinajstić information content (AvgIpc) is 2.59. The number of aromatic nitrogens is 1. The average molecular weight is 322 g/mol. The summed E-state index contributed by atoms with van der Waals surface area (Å²) in [6.45, 7) is 5.61. The summed E-state index contributed by atoms with van der Waals surface area (Å²) in [4.78, 5) is 6.26. The van der Waals surface area contributed by atoms with Crippen LogP contribution in [-0.4, -0.2) is 76.8 Å². The van der Waals surface area contributed by atoms with Gasteiger partial charge in [-0.3, -0.25) is 4.90 Å². The van der Waals surface area contributed by atoms with Gasteiger partial charge in [-0.1, -0.05) is 5.92 Å². The van der Waals surface area contributed by atoms with Gasteiger partial charge in [-0.15, -0.1) is 6.42 Å². The molecule has 23 heavy (non-hydrogen) atoms. The molecule has 0 aliphatic rings. The highest BCUT2D eigenvalue weighted by Gasteiger charge is 2.04. The highest BCUT2D eigenvalue weighted by molar-refractivity contribution is 5.31. The Labute approximate surface area is 138 Å². The molecule has 1 aromatic heterocycles. The molecule has 0 aliphatic carbocycles. The van der Waals surface area contributed by atoms with Gasteiger partial charge in [0.2, 0.25) is 0 Å². The zero-order chi connectivity index (χ0) is 16.8. The molecule has 1 aromatic rings. The standard InChI is InChI=1S/C17H26N2O4/c1-4-16-15-17(5-6-18-16)23-14-13-22-12-9-19(7-10-20-2)8-11-21-3/h1,5-6,15H,7-14H2,2-3H3. The molecule has 0 bridgehead atoms. The third kappa shape index (κ3) is 9.16. The van der Waals surface area contributed by atoms with E-state index in [0.717, 1.165) is 19.6 Å². The van der Waals surface area contributed by atoms with Crippen molar-refractivity contribution < 1.29 is 18.9 Å². The van der Waals surface area contributed by atoms with Crippen LogP contribution in [0.3, 0.4) is 0 Å². The summed E-state index contributed by atoms with van der Waals surface area (Å²) in [5.74, 6) is 3.18. The Kier molecular flexibility index (Phi) is 10.8. The minimum atomic E-state index is 0.476. The van der Waals surface area contributed by atoms with Gasteiger partial charge in [0.25, 0.3) is 0 Å². The molecule has 0 aromatic carbocycles. The first-order chi connectivity index (χ1) is 11.3. The Morgan fingerprint density at radius 1 is 1.04 bits per heavy atom. The van der Waals surface area contributed by atoms with E-state index in [1.165, 1.54) is 0 Å². The van der Waals surface area contributed by atoms with Gasteiger partial charge >= 0.3 is 0 Å². The molecule has 0 saturated carbocycles. The van der Waals surface area contributed by atoms with Crippen LogP contribution in [0.15, 0.2) is 18.3 Å². The summed E-state index contributed by atoms with van der Waals surface area (Å²) in [5, 5.41) is 0. The zero-order valence-corrected chi connectivity index (χ0v) is 14.0. The summed E-state index contributed by atoms with van der Waals surface area (Å²) >= 11 is 0. The van der Waals surface area contributed by atoms with E-state index in [2.05, 4.69) is 15.8 Å². The Morgan fingerprint density at radius 3 is 2.39 bits per heavy atom. The van der Waals surface area contributed by atoms with Gasteiger partial charge in [-0.2, -0.15) is 0 Å². The maximum atomic E-state index is 5.60. The number of rotatable bonds is 13. The molecule has 0 saturated heterocycles. The number of methoxy groups -OCH3 is 2. The number of ether oxygens (including phenoxy) is 4. The van der Waals surface area contributed by atoms with Crippen molar-refractivity contribution in [2.45, 2.75) is 0 Å². The molecule has 0 amide bonds. The fraction of sp³-hybridized carbons (Fsp3) is 0.588. The summed E-state index contributed by atoms with van der Waals surface area (Å²) < 4.78 is 21.4. The molecule has 0 radical (unpaired) electrons. The first-order valence-corrected chi connectivity index (χ1v) is 7.63. The van der Waals surface area contributed by atoms with Crippen LogP contribution >= 0.6 is 0 Å². The van der Waals surface area contributed by atoms with Crippen LogP contribution in [0.1, 0.15) is 5.69 Å². The Hall–Kier alpha value is -1.65. The van der Waals surface area contributed by atoms with Crippen molar-refractivity contribution in [1.82, 2.24) is 9.88 Å². The number of pyridine rings is 1. The van der Waals surface area contributed by atoms with Crippen molar-refractivity contribution in [2.24, 2.45) is 0 Å². The van der Waals surface area contributed by atoms with E-state index in [-0.39, 0.29) is 0 Å². The molecule has 0 unspecified atom stereocenters. The van der Waals surface area contributed by atoms with Crippen LogP contribution in [0.25, 0.3) is 0 Å². The lowest BCUT2D eigenvalue weighted by Crippen LogP contribution is -2.34. The van der Waals surface area contributed by atoms with Crippen molar-refractivity contribution >= 4 is 0 Å². The van der Waals surface area contributed by atoms with Crippen LogP contribution in [0.5, 0.6) is 5.75 Å². The van der Waals surface area contributed by atoms with Crippen LogP contribution < -0.4 is 4.74 Å². The minimum absolute atomic E-state index is 0.476. The molecule has 0 spiro atoms. The molecular formula is C17H26N2O4. The lowest BCUT2D eigenvalue weighted by molar-refractivity contribution is 0.0606. The van der Waals surface area contributed by atoms with Crippen molar-refractivity contribution in [3.63, 3.8) is 0 Å². The summed E-state index contributed by atoms with van der Waals surface area (Å²) in [5.41, 5.74) is 0.565. The largest absolute Gasteiger partial charge is 0.491 e. The van der Waals surface area contributed by atoms with E-state index in [1.807, 2.05) is 0 Å². The number of terminal acetylenes is 1. The predicted molar refractivity (Wildman–Crippen MR) is 88.7 cm³/mol. The third-order valence-electron chi connectivity index (χ3n) is 3.15. The monoisotopic (exact) mass is 322 g/mol. The molecule has 6 heteroatoms. The maximum Gasteiger partial charge on any atom is 0.123 e. The van der Waals surface area contributed by atoms with Crippen LogP contribution in [0.2, 0.25) is 0 Å². The second kappa shape index (κ2) is 12.9. The molecule has 6 nitrogen and oxygen atoms in total. The summed E-state index contributed by atoms with van der Waals surface area (Å²) in [7, 11) is 3.40. The highest BCUT2D eigenvalue weighted by atomic mass is 16.5. The molecule has 1 rings (SSSR count). The summed E-state index contributed by atoms with van der Waals surface area (Å²) in [6.07, 6.45) is 6.93. The third-order valence-corrected chi connectivity index (χ3v) is 3.15. The minimum Gasteiger partial charge on any atom is -0.491 e. The van der Waals surface area contributed by atoms with E-state index < -0.39 is 0 Å². The topological polar surface area (TPSA) is 53.1 Å². The molecule has 1 heterocycles. The van der Waals surface area contributed by atoms with Gasteiger partial charge in [0.05, 0.1) is 26.4 Å². The van der Waals surface area contributed by atoms with Crippen LogP contribution in [0.4, 0.5) is 0 Å². The molecule has 0 atom stereocenters. The van der Waals surface area contributed by atoms with Gasteiger partial charge in [-0.05, 0) is 6.07 Å². The van der Waals surface area contributed by atoms with Gasteiger partial charge < -0.3 is 18.9 Å². The lowest BCUT2D eigenvalue weighted by atomic mass is 10.3. The van der Waals surface area contributed by atoms with Crippen molar-refractivity contribution in [2.75, 3.05) is 66.9 Å². The highest BCUT2D eigenvalue weighted by Crippen LogP contribution is 2.09. The molecule has 0 fully saturated rings. The van der Waals surface area contributed by atoms with Crippen molar-refractivity contribution in [3.8, 4) is 18.1 Å². The molecule has 0 N–H and O–H groups in total. The predicted octanol–water partition coefficient (Wildman–Crippen LogP) is 1.05. The van der Waals surface area contributed by atoms with E-state index in [1.54, 1.807) is 32.5 Å². The Morgan fingerprint density at radius 2 is 1.74 bits per heavy atom. The lowest BCUT2D eigenvalue weighted by Gasteiger charge is -2.21. The number of nitrogens with zero attached hydrogens (tertiary/aromatic N) is 2. The van der Waals surface area contributed by atoms with Gasteiger partial charge in [0.1, 0.15) is 18.1 Å². The zero-order valence-electron chi connectivity index (χ0n) is 14.0. The molecule has 0 aliphatic heterocycles. The second-order valence-corrected chi connectivity index (χ2v) is 4.81. The second-order valence-electron chi connectivity index (χ2n) is 4.81. The first kappa shape index (κ1) is 19.4. The Bertz CT molecular complexity index is 454. The van der Waals surface area contributed by atoms with E-state index in [9.17, 15) is 0 Å². The van der Waals surface area contributed by atoms with Crippen molar-refractivity contribution in [3.05, 3.63) is 24.0 Å². The fourth-order valence-corrected chi connectivity index (χ4v) is 1.87. The van der Waals surface area contributed by atoms with E-state index >= 15 is 0 Å². The molecule has 128 valence electrons. The molecular weight excluding hydrogens is 296 g/mol. The maximum absolute atomic E-state index is 5.60. The van der Waals surface area contributed by atoms with Crippen LogP contribution in [0, 0.1) is 12.3 Å².